The number of likely N-dealkylation sites (N-methyl/N-ethyl adjacent to an activating group) is 1. The third kappa shape index (κ3) is 4.06. The molecule has 0 heterocycles. The highest BCUT2D eigenvalue weighted by Crippen LogP contribution is 2.35. The lowest BCUT2D eigenvalue weighted by Crippen LogP contribution is -2.42. The third-order valence-corrected chi connectivity index (χ3v) is 4.18. The van der Waals surface area contributed by atoms with Crippen molar-refractivity contribution in [1.82, 2.24) is 5.32 Å². The fourth-order valence-electron chi connectivity index (χ4n) is 2.82. The van der Waals surface area contributed by atoms with E-state index in [-0.39, 0.29) is 0 Å². The summed E-state index contributed by atoms with van der Waals surface area (Å²) in [5.74, 6) is 2.60. The van der Waals surface area contributed by atoms with Crippen LogP contribution in [0.15, 0.2) is 0 Å². The van der Waals surface area contributed by atoms with Crippen molar-refractivity contribution in [2.45, 2.75) is 53.0 Å². The van der Waals surface area contributed by atoms with Crippen LogP contribution in [-0.2, 0) is 4.74 Å². The highest BCUT2D eigenvalue weighted by atomic mass is 16.5. The Morgan fingerprint density at radius 3 is 2.50 bits per heavy atom. The van der Waals surface area contributed by atoms with Crippen LogP contribution in [0.2, 0.25) is 0 Å². The average molecular weight is 227 g/mol. The maximum atomic E-state index is 5.60. The Morgan fingerprint density at radius 1 is 1.19 bits per heavy atom. The molecule has 96 valence electrons. The quantitative estimate of drug-likeness (QED) is 0.753. The molecule has 0 aliphatic heterocycles. The molecule has 1 fully saturated rings. The molecule has 4 atom stereocenters. The molecule has 2 heteroatoms. The summed E-state index contributed by atoms with van der Waals surface area (Å²) in [5, 5.41) is 3.60. The topological polar surface area (TPSA) is 21.3 Å². The van der Waals surface area contributed by atoms with Crippen molar-refractivity contribution in [3.8, 4) is 0 Å². The molecule has 0 aromatic carbocycles. The van der Waals surface area contributed by atoms with Crippen molar-refractivity contribution >= 4 is 0 Å². The lowest BCUT2D eigenvalue weighted by atomic mass is 9.73. The smallest absolute Gasteiger partial charge is 0.0622 e. The van der Waals surface area contributed by atoms with E-state index >= 15 is 0 Å². The van der Waals surface area contributed by atoms with Gasteiger partial charge in [-0.3, -0.25) is 0 Å². The van der Waals surface area contributed by atoms with Crippen LogP contribution in [0.3, 0.4) is 0 Å². The molecule has 1 N–H and O–H groups in total. The number of nitrogens with one attached hydrogen (secondary N) is 1. The Labute approximate surface area is 101 Å². The third-order valence-electron chi connectivity index (χ3n) is 4.18. The van der Waals surface area contributed by atoms with Crippen LogP contribution >= 0.6 is 0 Å². The zero-order valence-corrected chi connectivity index (χ0v) is 11.5. The van der Waals surface area contributed by atoms with Gasteiger partial charge in [-0.1, -0.05) is 27.2 Å². The second-order valence-corrected chi connectivity index (χ2v) is 5.35. The Kier molecular flexibility index (Phi) is 6.37. The van der Waals surface area contributed by atoms with Crippen molar-refractivity contribution < 1.29 is 4.74 Å². The number of rotatable bonds is 6. The molecule has 4 unspecified atom stereocenters. The summed E-state index contributed by atoms with van der Waals surface area (Å²) in [6, 6.07) is 0.569. The number of hydrogen-bond donors (Lipinski definition) is 1. The maximum Gasteiger partial charge on any atom is 0.0622 e. The van der Waals surface area contributed by atoms with E-state index in [1.807, 2.05) is 0 Å². The van der Waals surface area contributed by atoms with Gasteiger partial charge >= 0.3 is 0 Å². The summed E-state index contributed by atoms with van der Waals surface area (Å²) in [6.45, 7) is 11.8. The van der Waals surface area contributed by atoms with Crippen LogP contribution in [0.25, 0.3) is 0 Å². The van der Waals surface area contributed by atoms with Gasteiger partial charge in [-0.15, -0.1) is 0 Å². The van der Waals surface area contributed by atoms with Gasteiger partial charge in [0, 0.05) is 12.6 Å². The van der Waals surface area contributed by atoms with Crippen LogP contribution in [0.1, 0.15) is 47.0 Å². The molecule has 1 saturated carbocycles. The van der Waals surface area contributed by atoms with Gasteiger partial charge in [0.2, 0.25) is 0 Å². The van der Waals surface area contributed by atoms with Gasteiger partial charge in [0.25, 0.3) is 0 Å². The van der Waals surface area contributed by atoms with E-state index in [0.717, 1.165) is 37.5 Å². The molecular weight excluding hydrogens is 198 g/mol. The summed E-state index contributed by atoms with van der Waals surface area (Å²) in [4.78, 5) is 0. The molecule has 0 saturated heterocycles. The standard InChI is InChI=1S/C14H29NO/c1-5-15-14(10-16-6-2)13-8-7-11(3)12(4)9-13/h11-15H,5-10H2,1-4H3. The molecular formula is C14H29NO. The molecule has 1 rings (SSSR count). The molecule has 1 aliphatic rings. The molecule has 0 radical (unpaired) electrons. The second-order valence-electron chi connectivity index (χ2n) is 5.35. The van der Waals surface area contributed by atoms with Gasteiger partial charge in [0.15, 0.2) is 0 Å². The van der Waals surface area contributed by atoms with Gasteiger partial charge in [-0.2, -0.15) is 0 Å². The first-order valence-corrected chi connectivity index (χ1v) is 7.00. The predicted molar refractivity (Wildman–Crippen MR) is 69.6 cm³/mol. The monoisotopic (exact) mass is 227 g/mol. The van der Waals surface area contributed by atoms with Gasteiger partial charge < -0.3 is 10.1 Å². The van der Waals surface area contributed by atoms with Crippen LogP contribution in [0.4, 0.5) is 0 Å². The zero-order valence-electron chi connectivity index (χ0n) is 11.5. The second kappa shape index (κ2) is 7.29. The van der Waals surface area contributed by atoms with E-state index in [2.05, 4.69) is 33.0 Å². The van der Waals surface area contributed by atoms with Gasteiger partial charge in [-0.05, 0) is 44.1 Å². The molecule has 0 aromatic heterocycles. The minimum atomic E-state index is 0.569. The fraction of sp³-hybridized carbons (Fsp3) is 1.00. The Bertz CT molecular complexity index is 182. The summed E-state index contributed by atoms with van der Waals surface area (Å²) < 4.78 is 5.60. The van der Waals surface area contributed by atoms with Crippen molar-refractivity contribution in [3.05, 3.63) is 0 Å². The van der Waals surface area contributed by atoms with E-state index in [1.54, 1.807) is 0 Å². The number of hydrogen-bond acceptors (Lipinski definition) is 2. The lowest BCUT2D eigenvalue weighted by Gasteiger charge is -2.37. The molecule has 0 bridgehead atoms. The summed E-state index contributed by atoms with van der Waals surface area (Å²) in [6.07, 6.45) is 4.13. The minimum Gasteiger partial charge on any atom is -0.380 e. The van der Waals surface area contributed by atoms with Gasteiger partial charge in [0.1, 0.15) is 0 Å². The Morgan fingerprint density at radius 2 is 1.94 bits per heavy atom. The van der Waals surface area contributed by atoms with Crippen molar-refractivity contribution in [2.24, 2.45) is 17.8 Å². The van der Waals surface area contributed by atoms with Crippen molar-refractivity contribution in [1.29, 1.82) is 0 Å². The Balaban J connectivity index is 2.43. The van der Waals surface area contributed by atoms with E-state index in [0.29, 0.717) is 6.04 Å². The normalized spacial score (nSPS) is 32.6. The first-order valence-electron chi connectivity index (χ1n) is 7.00. The van der Waals surface area contributed by atoms with Crippen LogP contribution in [0.5, 0.6) is 0 Å². The first-order chi connectivity index (χ1) is 7.69. The van der Waals surface area contributed by atoms with Crippen LogP contribution < -0.4 is 5.32 Å². The average Bonchev–Trinajstić information content (AvgIpc) is 2.28. The fourth-order valence-corrected chi connectivity index (χ4v) is 2.82. The summed E-state index contributed by atoms with van der Waals surface area (Å²) in [5.41, 5.74) is 0. The largest absolute Gasteiger partial charge is 0.380 e. The van der Waals surface area contributed by atoms with Gasteiger partial charge in [0.05, 0.1) is 6.61 Å². The molecule has 2 nitrogen and oxygen atoms in total. The molecule has 16 heavy (non-hydrogen) atoms. The molecule has 0 spiro atoms. The van der Waals surface area contributed by atoms with E-state index < -0.39 is 0 Å². The zero-order chi connectivity index (χ0) is 12.0. The van der Waals surface area contributed by atoms with Crippen molar-refractivity contribution in [2.75, 3.05) is 19.8 Å². The SMILES string of the molecule is CCNC(COCC)C1CCC(C)C(C)C1. The van der Waals surface area contributed by atoms with Crippen LogP contribution in [0, 0.1) is 17.8 Å². The molecule has 1 aliphatic carbocycles. The predicted octanol–water partition coefficient (Wildman–Crippen LogP) is 3.07. The summed E-state index contributed by atoms with van der Waals surface area (Å²) >= 11 is 0. The van der Waals surface area contributed by atoms with Crippen LogP contribution in [-0.4, -0.2) is 25.8 Å². The highest BCUT2D eigenvalue weighted by molar-refractivity contribution is 4.83. The van der Waals surface area contributed by atoms with E-state index in [4.69, 9.17) is 4.74 Å². The minimum absolute atomic E-state index is 0.569. The molecule has 0 aromatic rings. The Hall–Kier alpha value is -0.0800. The van der Waals surface area contributed by atoms with Gasteiger partial charge in [-0.25, -0.2) is 0 Å². The number of ether oxygens (including phenoxy) is 1. The van der Waals surface area contributed by atoms with Crippen molar-refractivity contribution in [3.63, 3.8) is 0 Å². The lowest BCUT2D eigenvalue weighted by molar-refractivity contribution is 0.0781. The van der Waals surface area contributed by atoms with E-state index in [9.17, 15) is 0 Å². The molecule has 0 amide bonds. The van der Waals surface area contributed by atoms with E-state index in [1.165, 1.54) is 19.3 Å². The summed E-state index contributed by atoms with van der Waals surface area (Å²) in [7, 11) is 0. The highest BCUT2D eigenvalue weighted by Gasteiger charge is 2.29. The maximum absolute atomic E-state index is 5.60. The first kappa shape index (κ1) is 14.0.